The Balaban J connectivity index is 0.000000671. The van der Waals surface area contributed by atoms with Crippen molar-refractivity contribution in [3.63, 3.8) is 0 Å². The van der Waals surface area contributed by atoms with Gasteiger partial charge in [0, 0.05) is 18.8 Å². The van der Waals surface area contributed by atoms with Crippen LogP contribution in [0.5, 0.6) is 0 Å². The summed E-state index contributed by atoms with van der Waals surface area (Å²) in [5, 5.41) is 3.05. The van der Waals surface area contributed by atoms with Crippen LogP contribution in [-0.4, -0.2) is 12.0 Å². The summed E-state index contributed by atoms with van der Waals surface area (Å²) in [5.74, 6) is 0. The molecule has 0 bridgehead atoms. The Kier molecular flexibility index (Phi) is 5.60. The molecule has 0 aliphatic rings. The van der Waals surface area contributed by atoms with Gasteiger partial charge in [0.2, 0.25) is 0 Å². The third-order valence-corrected chi connectivity index (χ3v) is 1.66. The van der Waals surface area contributed by atoms with Crippen LogP contribution in [0.1, 0.15) is 25.0 Å². The van der Waals surface area contributed by atoms with E-state index in [1.54, 1.807) is 6.20 Å². The van der Waals surface area contributed by atoms with E-state index in [-0.39, 0.29) is 0 Å². The fourth-order valence-corrected chi connectivity index (χ4v) is 1.05. The monoisotopic (exact) mass is 178 g/mol. The fourth-order valence-electron chi connectivity index (χ4n) is 1.05. The van der Waals surface area contributed by atoms with Gasteiger partial charge >= 0.3 is 0 Å². The molecule has 2 heteroatoms. The van der Waals surface area contributed by atoms with Gasteiger partial charge in [-0.2, -0.15) is 0 Å². The molecule has 0 saturated carbocycles. The fraction of sp³-hybridized carbons (Fsp3) is 0.364. The van der Waals surface area contributed by atoms with E-state index in [0.29, 0.717) is 0 Å². The molecule has 0 aromatic carbocycles. The third-order valence-electron chi connectivity index (χ3n) is 1.66. The summed E-state index contributed by atoms with van der Waals surface area (Å²) in [5.41, 5.74) is 3.30. The highest BCUT2D eigenvalue weighted by Gasteiger charge is 1.98. The van der Waals surface area contributed by atoms with E-state index in [4.69, 9.17) is 0 Å². The quantitative estimate of drug-likeness (QED) is 0.752. The lowest BCUT2D eigenvalue weighted by Crippen LogP contribution is -1.94. The van der Waals surface area contributed by atoms with Gasteiger partial charge in [0.05, 0.1) is 11.9 Å². The van der Waals surface area contributed by atoms with Crippen LogP contribution in [0.4, 0.5) is 5.69 Å². The van der Waals surface area contributed by atoms with Crippen molar-refractivity contribution in [2.75, 3.05) is 12.4 Å². The summed E-state index contributed by atoms with van der Waals surface area (Å²) in [6.45, 7) is 9.75. The predicted octanol–water partition coefficient (Wildman–Crippen LogP) is 3.10. The highest BCUT2D eigenvalue weighted by Crippen LogP contribution is 2.17. The average Bonchev–Trinajstić information content (AvgIpc) is 2.20. The summed E-state index contributed by atoms with van der Waals surface area (Å²) in [4.78, 5) is 4.05. The van der Waals surface area contributed by atoms with Crippen LogP contribution in [0.25, 0.3) is 6.08 Å². The van der Waals surface area contributed by atoms with Crippen molar-refractivity contribution >= 4 is 11.8 Å². The third kappa shape index (κ3) is 2.90. The molecule has 2 nitrogen and oxygen atoms in total. The second kappa shape index (κ2) is 6.23. The molecule has 1 heterocycles. The Morgan fingerprint density at radius 2 is 2.00 bits per heavy atom. The van der Waals surface area contributed by atoms with Crippen LogP contribution >= 0.6 is 0 Å². The van der Waals surface area contributed by atoms with E-state index < -0.39 is 0 Å². The zero-order valence-corrected chi connectivity index (χ0v) is 8.89. The highest BCUT2D eigenvalue weighted by atomic mass is 14.8. The maximum absolute atomic E-state index is 4.05. The van der Waals surface area contributed by atoms with Crippen LogP contribution < -0.4 is 5.32 Å². The molecule has 0 amide bonds. The first-order valence-corrected chi connectivity index (χ1v) is 4.54. The van der Waals surface area contributed by atoms with Crippen LogP contribution in [-0.2, 0) is 0 Å². The van der Waals surface area contributed by atoms with E-state index >= 15 is 0 Å². The van der Waals surface area contributed by atoms with E-state index in [2.05, 4.69) is 16.9 Å². The number of pyridine rings is 1. The van der Waals surface area contributed by atoms with E-state index in [9.17, 15) is 0 Å². The number of rotatable bonds is 2. The summed E-state index contributed by atoms with van der Waals surface area (Å²) >= 11 is 0. The lowest BCUT2D eigenvalue weighted by molar-refractivity contribution is 1.25. The van der Waals surface area contributed by atoms with Gasteiger partial charge in [-0.25, -0.2) is 0 Å². The number of nitrogens with zero attached hydrogens (tertiary/aromatic N) is 1. The maximum atomic E-state index is 4.05. The second-order valence-corrected chi connectivity index (χ2v) is 2.37. The van der Waals surface area contributed by atoms with E-state index in [1.165, 1.54) is 0 Å². The number of hydrogen-bond acceptors (Lipinski definition) is 2. The largest absolute Gasteiger partial charge is 0.386 e. The zero-order valence-electron chi connectivity index (χ0n) is 8.89. The van der Waals surface area contributed by atoms with Gasteiger partial charge in [-0.3, -0.25) is 4.98 Å². The molecule has 0 spiro atoms. The van der Waals surface area contributed by atoms with E-state index in [1.807, 2.05) is 40.1 Å². The molecule has 1 aromatic heterocycles. The molecule has 0 atom stereocenters. The topological polar surface area (TPSA) is 24.9 Å². The molecule has 1 aromatic rings. The smallest absolute Gasteiger partial charge is 0.0600 e. The van der Waals surface area contributed by atoms with Crippen molar-refractivity contribution in [2.45, 2.75) is 20.8 Å². The van der Waals surface area contributed by atoms with E-state index in [0.717, 1.165) is 16.8 Å². The highest BCUT2D eigenvalue weighted by molar-refractivity contribution is 5.66. The Labute approximate surface area is 80.7 Å². The minimum Gasteiger partial charge on any atom is -0.386 e. The lowest BCUT2D eigenvalue weighted by atomic mass is 10.1. The van der Waals surface area contributed by atoms with Crippen molar-refractivity contribution in [3.05, 3.63) is 30.1 Å². The molecular formula is C11H18N2. The van der Waals surface area contributed by atoms with Crippen molar-refractivity contribution < 1.29 is 0 Å². The summed E-state index contributed by atoms with van der Waals surface area (Å²) in [6.07, 6.45) is 5.46. The van der Waals surface area contributed by atoms with Crippen LogP contribution in [0.3, 0.4) is 0 Å². The summed E-state index contributed by atoms with van der Waals surface area (Å²) in [6, 6.07) is 0. The molecule has 1 rings (SSSR count). The standard InChI is InChI=1S/C9H12N2.C2H6/c1-4-8-7(2)5-11-6-9(8)10-3;1-2/h4-6,10H,1H2,2-3H3;1-2H3. The number of aryl methyl sites for hydroxylation is 1. The summed E-state index contributed by atoms with van der Waals surface area (Å²) < 4.78 is 0. The van der Waals surface area contributed by atoms with Crippen molar-refractivity contribution in [3.8, 4) is 0 Å². The van der Waals surface area contributed by atoms with Crippen molar-refractivity contribution in [1.82, 2.24) is 4.98 Å². The SMILES string of the molecule is C=Cc1c(C)cncc1NC.CC. The van der Waals surface area contributed by atoms with Gasteiger partial charge in [-0.15, -0.1) is 0 Å². The van der Waals surface area contributed by atoms with Crippen molar-refractivity contribution in [2.24, 2.45) is 0 Å². The van der Waals surface area contributed by atoms with Gasteiger partial charge in [-0.1, -0.05) is 26.5 Å². The average molecular weight is 178 g/mol. The molecule has 0 unspecified atom stereocenters. The Morgan fingerprint density at radius 3 is 2.38 bits per heavy atom. The van der Waals surface area contributed by atoms with Crippen molar-refractivity contribution in [1.29, 1.82) is 0 Å². The predicted molar refractivity (Wildman–Crippen MR) is 60.0 cm³/mol. The minimum atomic E-state index is 1.03. The first-order chi connectivity index (χ1) is 6.29. The Hall–Kier alpha value is -1.31. The first-order valence-electron chi connectivity index (χ1n) is 4.54. The van der Waals surface area contributed by atoms with Crippen LogP contribution in [0.2, 0.25) is 0 Å². The Morgan fingerprint density at radius 1 is 1.38 bits per heavy atom. The van der Waals surface area contributed by atoms with Gasteiger partial charge in [-0.05, 0) is 12.5 Å². The Bertz CT molecular complexity index is 267. The molecule has 0 saturated heterocycles. The number of anilines is 1. The number of hydrogen-bond donors (Lipinski definition) is 1. The molecule has 13 heavy (non-hydrogen) atoms. The number of aromatic nitrogens is 1. The maximum Gasteiger partial charge on any atom is 0.0600 e. The minimum absolute atomic E-state index is 1.03. The lowest BCUT2D eigenvalue weighted by Gasteiger charge is -2.06. The molecule has 1 N–H and O–H groups in total. The normalized spacial score (nSPS) is 8.31. The second-order valence-electron chi connectivity index (χ2n) is 2.37. The molecular weight excluding hydrogens is 160 g/mol. The van der Waals surface area contributed by atoms with Crippen LogP contribution in [0.15, 0.2) is 19.0 Å². The first kappa shape index (κ1) is 11.7. The van der Waals surface area contributed by atoms with Gasteiger partial charge in [0.15, 0.2) is 0 Å². The van der Waals surface area contributed by atoms with Gasteiger partial charge in [0.1, 0.15) is 0 Å². The molecule has 0 fully saturated rings. The molecule has 0 aliphatic heterocycles. The van der Waals surface area contributed by atoms with Gasteiger partial charge in [0.25, 0.3) is 0 Å². The number of nitrogens with one attached hydrogen (secondary N) is 1. The molecule has 0 aliphatic carbocycles. The molecule has 72 valence electrons. The van der Waals surface area contributed by atoms with Crippen LogP contribution in [0, 0.1) is 6.92 Å². The molecule has 0 radical (unpaired) electrons. The summed E-state index contributed by atoms with van der Waals surface area (Å²) in [7, 11) is 1.88. The van der Waals surface area contributed by atoms with Gasteiger partial charge < -0.3 is 5.32 Å². The zero-order chi connectivity index (χ0) is 10.3.